The Balaban J connectivity index is 2.72. The number of ether oxygens (including phenoxy) is 1. The summed E-state index contributed by atoms with van der Waals surface area (Å²) in [5.41, 5.74) is -2.48. The molecule has 21 heavy (non-hydrogen) atoms. The van der Waals surface area contributed by atoms with Crippen molar-refractivity contribution in [1.29, 1.82) is 0 Å². The van der Waals surface area contributed by atoms with E-state index in [1.807, 2.05) is 0 Å². The van der Waals surface area contributed by atoms with Crippen LogP contribution in [0, 0.1) is 0 Å². The first kappa shape index (κ1) is 17.3. The van der Waals surface area contributed by atoms with Gasteiger partial charge in [0.25, 0.3) is 0 Å². The number of ketones is 1. The highest BCUT2D eigenvalue weighted by Crippen LogP contribution is 2.31. The number of hydrogen-bond acceptors (Lipinski definition) is 3. The molecule has 1 unspecified atom stereocenters. The minimum absolute atomic E-state index is 0.213. The molecule has 1 rings (SSSR count). The number of hydrogen-bond donors (Lipinski definition) is 1. The molecule has 4 nitrogen and oxygen atoms in total. The second-order valence-corrected chi connectivity index (χ2v) is 4.63. The Labute approximate surface area is 124 Å². The van der Waals surface area contributed by atoms with E-state index in [-0.39, 0.29) is 6.61 Å². The van der Waals surface area contributed by atoms with E-state index in [2.05, 4.69) is 4.74 Å². The van der Waals surface area contributed by atoms with Gasteiger partial charge in [-0.3, -0.25) is 4.79 Å². The maximum Gasteiger partial charge on any atom is 0.418 e. The molecular formula is C13H13ClF3NO3. The summed E-state index contributed by atoms with van der Waals surface area (Å²) >= 11 is 5.16. The van der Waals surface area contributed by atoms with E-state index < -0.39 is 29.5 Å². The molecule has 0 radical (unpaired) electrons. The van der Waals surface area contributed by atoms with E-state index >= 15 is 0 Å². The largest absolute Gasteiger partial charge is 0.445 e. The molecule has 0 aliphatic rings. The summed E-state index contributed by atoms with van der Waals surface area (Å²) in [6, 6.07) is 8.39. The number of rotatable bonds is 5. The maximum absolute atomic E-state index is 12.9. The summed E-state index contributed by atoms with van der Waals surface area (Å²) in [7, 11) is 0. The monoisotopic (exact) mass is 323 g/mol. The average molecular weight is 324 g/mol. The van der Waals surface area contributed by atoms with E-state index in [1.54, 1.807) is 30.3 Å². The molecule has 0 aliphatic carbocycles. The molecule has 0 heterocycles. The summed E-state index contributed by atoms with van der Waals surface area (Å²) in [5.74, 6) is -2.25. The van der Waals surface area contributed by atoms with E-state index in [0.29, 0.717) is 12.5 Å². The molecule has 0 saturated carbocycles. The van der Waals surface area contributed by atoms with Gasteiger partial charge in [-0.1, -0.05) is 30.3 Å². The first-order valence-corrected chi connectivity index (χ1v) is 6.39. The number of amides is 1. The van der Waals surface area contributed by atoms with Crippen LogP contribution in [0.1, 0.15) is 12.5 Å². The zero-order chi connectivity index (χ0) is 16.1. The van der Waals surface area contributed by atoms with Crippen molar-refractivity contribution in [2.24, 2.45) is 0 Å². The molecule has 0 bridgehead atoms. The molecule has 1 N–H and O–H groups in total. The van der Waals surface area contributed by atoms with Gasteiger partial charge in [0.1, 0.15) is 6.61 Å². The molecule has 116 valence electrons. The number of alkyl carbamates (subject to hydrolysis) is 1. The lowest BCUT2D eigenvalue weighted by Crippen LogP contribution is -2.62. The lowest BCUT2D eigenvalue weighted by atomic mass is 9.97. The van der Waals surface area contributed by atoms with Crippen LogP contribution in [0.3, 0.4) is 0 Å². The van der Waals surface area contributed by atoms with Crippen molar-refractivity contribution in [3.8, 4) is 0 Å². The fourth-order valence-corrected chi connectivity index (χ4v) is 1.66. The van der Waals surface area contributed by atoms with Crippen LogP contribution in [0.15, 0.2) is 30.3 Å². The number of carbonyl (C=O) groups is 2. The van der Waals surface area contributed by atoms with E-state index in [0.717, 1.165) is 0 Å². The second-order valence-electron chi connectivity index (χ2n) is 4.37. The van der Waals surface area contributed by atoms with Crippen LogP contribution in [0.2, 0.25) is 0 Å². The smallest absolute Gasteiger partial charge is 0.418 e. The summed E-state index contributed by atoms with van der Waals surface area (Å²) < 4.78 is 43.4. The van der Waals surface area contributed by atoms with Gasteiger partial charge < -0.3 is 10.1 Å². The number of benzene rings is 1. The Morgan fingerprint density at radius 3 is 2.29 bits per heavy atom. The van der Waals surface area contributed by atoms with Gasteiger partial charge in [0.05, 0.1) is 5.88 Å². The molecule has 0 aliphatic heterocycles. The predicted molar refractivity (Wildman–Crippen MR) is 69.9 cm³/mol. The van der Waals surface area contributed by atoms with Crippen LogP contribution >= 0.6 is 11.6 Å². The van der Waals surface area contributed by atoms with Gasteiger partial charge >= 0.3 is 12.3 Å². The van der Waals surface area contributed by atoms with Crippen LogP contribution in [-0.2, 0) is 16.1 Å². The molecular weight excluding hydrogens is 311 g/mol. The highest BCUT2D eigenvalue weighted by Gasteiger charge is 2.57. The van der Waals surface area contributed by atoms with Gasteiger partial charge in [-0.25, -0.2) is 4.79 Å². The zero-order valence-corrected chi connectivity index (χ0v) is 11.8. The highest BCUT2D eigenvalue weighted by atomic mass is 35.5. The predicted octanol–water partition coefficient (Wildman–Crippen LogP) is 3.04. The molecule has 0 spiro atoms. The first-order valence-electron chi connectivity index (χ1n) is 5.85. The number of alkyl halides is 4. The third-order valence-electron chi connectivity index (χ3n) is 2.81. The standard InChI is InChI=1S/C13H13ClF3NO3/c1-12(10(19)7-14,13(15,16)17)18-11(20)21-8-9-5-3-2-4-6-9/h2-6H,7-8H2,1H3,(H,18,20). The van der Waals surface area contributed by atoms with Gasteiger partial charge in [-0.2, -0.15) is 13.2 Å². The third-order valence-corrected chi connectivity index (χ3v) is 3.05. The van der Waals surface area contributed by atoms with Crippen molar-refractivity contribution in [2.45, 2.75) is 25.2 Å². The Morgan fingerprint density at radius 2 is 1.81 bits per heavy atom. The van der Waals surface area contributed by atoms with Crippen LogP contribution in [0.5, 0.6) is 0 Å². The Hall–Kier alpha value is -1.76. The first-order chi connectivity index (χ1) is 9.70. The topological polar surface area (TPSA) is 55.4 Å². The Morgan fingerprint density at radius 1 is 1.24 bits per heavy atom. The Bertz CT molecular complexity index is 507. The van der Waals surface area contributed by atoms with Gasteiger partial charge in [0.15, 0.2) is 11.3 Å². The van der Waals surface area contributed by atoms with Crippen molar-refractivity contribution in [3.05, 3.63) is 35.9 Å². The number of Topliss-reactive ketones (excluding diaryl/α,β-unsaturated/α-hetero) is 1. The van der Waals surface area contributed by atoms with Crippen LogP contribution in [-0.4, -0.2) is 29.5 Å². The number of nitrogens with one attached hydrogen (secondary N) is 1. The molecule has 8 heteroatoms. The molecule has 1 atom stereocenters. The van der Waals surface area contributed by atoms with Crippen molar-refractivity contribution in [2.75, 3.05) is 5.88 Å². The average Bonchev–Trinajstić information content (AvgIpc) is 2.44. The van der Waals surface area contributed by atoms with Gasteiger partial charge in [0.2, 0.25) is 0 Å². The fraction of sp³-hybridized carbons (Fsp3) is 0.385. The lowest BCUT2D eigenvalue weighted by Gasteiger charge is -2.30. The van der Waals surface area contributed by atoms with Crippen molar-refractivity contribution in [1.82, 2.24) is 5.32 Å². The quantitative estimate of drug-likeness (QED) is 0.847. The zero-order valence-electron chi connectivity index (χ0n) is 11.0. The van der Waals surface area contributed by atoms with Crippen LogP contribution < -0.4 is 5.32 Å². The van der Waals surface area contributed by atoms with Crippen LogP contribution in [0.25, 0.3) is 0 Å². The molecule has 0 fully saturated rings. The summed E-state index contributed by atoms with van der Waals surface area (Å²) in [4.78, 5) is 22.8. The summed E-state index contributed by atoms with van der Waals surface area (Å²) in [5, 5.41) is 1.53. The van der Waals surface area contributed by atoms with Crippen molar-refractivity contribution >= 4 is 23.5 Å². The summed E-state index contributed by atoms with van der Waals surface area (Å²) in [6.45, 7) is 0.331. The second kappa shape index (κ2) is 6.80. The minimum Gasteiger partial charge on any atom is -0.445 e. The fourth-order valence-electron chi connectivity index (χ4n) is 1.40. The molecule has 0 aromatic heterocycles. The van der Waals surface area contributed by atoms with Gasteiger partial charge in [-0.05, 0) is 12.5 Å². The van der Waals surface area contributed by atoms with Gasteiger partial charge in [0, 0.05) is 0 Å². The third kappa shape index (κ3) is 4.35. The minimum atomic E-state index is -4.98. The van der Waals surface area contributed by atoms with E-state index in [1.165, 1.54) is 5.32 Å². The number of carbonyl (C=O) groups excluding carboxylic acids is 2. The number of halogens is 4. The Kier molecular flexibility index (Phi) is 5.60. The highest BCUT2D eigenvalue weighted by molar-refractivity contribution is 6.29. The van der Waals surface area contributed by atoms with Crippen molar-refractivity contribution < 1.29 is 27.5 Å². The van der Waals surface area contributed by atoms with Gasteiger partial charge in [-0.15, -0.1) is 11.6 Å². The summed E-state index contributed by atoms with van der Waals surface area (Å²) in [6.07, 6.45) is -6.33. The molecule has 1 amide bonds. The van der Waals surface area contributed by atoms with Crippen molar-refractivity contribution in [3.63, 3.8) is 0 Å². The SMILES string of the molecule is CC(NC(=O)OCc1ccccc1)(C(=O)CCl)C(F)(F)F. The molecule has 1 aromatic rings. The maximum atomic E-state index is 12.9. The normalized spacial score (nSPS) is 14.1. The van der Waals surface area contributed by atoms with Crippen LogP contribution in [0.4, 0.5) is 18.0 Å². The lowest BCUT2D eigenvalue weighted by molar-refractivity contribution is -0.191. The van der Waals surface area contributed by atoms with E-state index in [9.17, 15) is 22.8 Å². The van der Waals surface area contributed by atoms with E-state index in [4.69, 9.17) is 11.6 Å². The molecule has 0 saturated heterocycles. The molecule has 1 aromatic carbocycles.